The molecule has 0 bridgehead atoms. The molecular formula is C20H28N4O3. The van der Waals surface area contributed by atoms with Crippen LogP contribution in [-0.2, 0) is 6.54 Å². The van der Waals surface area contributed by atoms with E-state index in [0.29, 0.717) is 24.9 Å². The molecule has 27 heavy (non-hydrogen) atoms. The zero-order chi connectivity index (χ0) is 19.4. The fourth-order valence-corrected chi connectivity index (χ4v) is 3.72. The van der Waals surface area contributed by atoms with Crippen molar-refractivity contribution in [3.8, 4) is 0 Å². The number of nitrogens with one attached hydrogen (secondary N) is 1. The largest absolute Gasteiger partial charge is 0.393 e. The lowest BCUT2D eigenvalue weighted by atomic mass is 9.92. The van der Waals surface area contributed by atoms with Crippen LogP contribution >= 0.6 is 0 Å². The van der Waals surface area contributed by atoms with Gasteiger partial charge in [0.2, 0.25) is 0 Å². The molecule has 7 heteroatoms. The van der Waals surface area contributed by atoms with E-state index in [4.69, 9.17) is 0 Å². The second-order valence-corrected chi connectivity index (χ2v) is 7.33. The number of aliphatic hydroxyl groups excluding tert-OH is 1. The van der Waals surface area contributed by atoms with Crippen LogP contribution in [0.25, 0.3) is 0 Å². The van der Waals surface area contributed by atoms with Gasteiger partial charge in [0.15, 0.2) is 0 Å². The first-order valence-corrected chi connectivity index (χ1v) is 9.63. The number of aliphatic hydroxyl groups is 1. The smallest absolute Gasteiger partial charge is 0.263 e. The van der Waals surface area contributed by atoms with Crippen molar-refractivity contribution >= 4 is 5.91 Å². The number of hydrogen-bond acceptors (Lipinski definition) is 4. The summed E-state index contributed by atoms with van der Waals surface area (Å²) in [4.78, 5) is 29.7. The summed E-state index contributed by atoms with van der Waals surface area (Å²) < 4.78 is 3.70. The van der Waals surface area contributed by atoms with Crippen LogP contribution < -0.4 is 10.9 Å². The third kappa shape index (κ3) is 4.47. The predicted octanol–water partition coefficient (Wildman–Crippen LogP) is 1.96. The van der Waals surface area contributed by atoms with Crippen molar-refractivity contribution in [1.82, 2.24) is 19.4 Å². The summed E-state index contributed by atoms with van der Waals surface area (Å²) in [6, 6.07) is 1.88. The first-order valence-electron chi connectivity index (χ1n) is 9.63. The van der Waals surface area contributed by atoms with Gasteiger partial charge in [-0.3, -0.25) is 9.59 Å². The standard InChI is InChI=1S/C20H28N4O3/c1-14-8-12-24(16-4-6-17(25)7-5-16)20(27)18(14)19(26)22-9-3-11-23-13-10-21-15(23)2/h8,10,12-13,16-17,25H,3-7,9,11H2,1-2H3,(H,22,26). The van der Waals surface area contributed by atoms with Crippen molar-refractivity contribution in [3.63, 3.8) is 0 Å². The molecule has 3 rings (SSSR count). The molecule has 2 N–H and O–H groups in total. The van der Waals surface area contributed by atoms with Crippen LogP contribution in [0.15, 0.2) is 29.5 Å². The molecule has 0 aliphatic heterocycles. The number of pyridine rings is 1. The van der Waals surface area contributed by atoms with Gasteiger partial charge >= 0.3 is 0 Å². The highest BCUT2D eigenvalue weighted by Gasteiger charge is 2.24. The lowest BCUT2D eigenvalue weighted by Gasteiger charge is -2.27. The van der Waals surface area contributed by atoms with Crippen LogP contribution in [0.1, 0.15) is 59.9 Å². The van der Waals surface area contributed by atoms with Crippen molar-refractivity contribution in [2.45, 2.75) is 64.6 Å². The summed E-state index contributed by atoms with van der Waals surface area (Å²) in [7, 11) is 0. The minimum absolute atomic E-state index is 0.0530. The van der Waals surface area contributed by atoms with Crippen LogP contribution in [0.5, 0.6) is 0 Å². The fourth-order valence-electron chi connectivity index (χ4n) is 3.72. The summed E-state index contributed by atoms with van der Waals surface area (Å²) in [6.07, 6.45) is 8.85. The Labute approximate surface area is 159 Å². The Morgan fingerprint density at radius 1 is 1.26 bits per heavy atom. The van der Waals surface area contributed by atoms with E-state index >= 15 is 0 Å². The molecule has 0 aromatic carbocycles. The number of rotatable bonds is 6. The zero-order valence-corrected chi connectivity index (χ0v) is 16.0. The van der Waals surface area contributed by atoms with E-state index in [2.05, 4.69) is 10.3 Å². The Hall–Kier alpha value is -2.41. The van der Waals surface area contributed by atoms with E-state index < -0.39 is 0 Å². The maximum absolute atomic E-state index is 12.9. The molecule has 2 aromatic heterocycles. The first kappa shape index (κ1) is 19.4. The molecule has 7 nitrogen and oxygen atoms in total. The van der Waals surface area contributed by atoms with Crippen molar-refractivity contribution < 1.29 is 9.90 Å². The number of aromatic nitrogens is 3. The Bertz CT molecular complexity index is 847. The van der Waals surface area contributed by atoms with Crippen LogP contribution in [0.2, 0.25) is 0 Å². The van der Waals surface area contributed by atoms with E-state index in [0.717, 1.165) is 31.6 Å². The van der Waals surface area contributed by atoms with E-state index in [1.807, 2.05) is 23.8 Å². The number of aryl methyl sites for hydroxylation is 3. The number of imidazole rings is 1. The fraction of sp³-hybridized carbons (Fsp3) is 0.550. The summed E-state index contributed by atoms with van der Waals surface area (Å²) in [6.45, 7) is 5.01. The van der Waals surface area contributed by atoms with E-state index in [1.54, 1.807) is 23.9 Å². The molecule has 0 saturated heterocycles. The third-order valence-electron chi connectivity index (χ3n) is 5.40. The van der Waals surface area contributed by atoms with Gasteiger partial charge in [-0.2, -0.15) is 0 Å². The SMILES string of the molecule is Cc1ccn(C2CCC(O)CC2)c(=O)c1C(=O)NCCCn1ccnc1C. The van der Waals surface area contributed by atoms with Gasteiger partial charge in [-0.1, -0.05) is 0 Å². The van der Waals surface area contributed by atoms with Gasteiger partial charge in [0.1, 0.15) is 11.4 Å². The van der Waals surface area contributed by atoms with Crippen molar-refractivity contribution in [1.29, 1.82) is 0 Å². The molecule has 1 saturated carbocycles. The van der Waals surface area contributed by atoms with Crippen molar-refractivity contribution in [3.05, 3.63) is 52.0 Å². The molecule has 0 radical (unpaired) electrons. The minimum Gasteiger partial charge on any atom is -0.393 e. The lowest BCUT2D eigenvalue weighted by molar-refractivity contribution is 0.0945. The summed E-state index contributed by atoms with van der Waals surface area (Å²) in [5.74, 6) is 0.630. The second kappa shape index (κ2) is 8.52. The Balaban J connectivity index is 1.64. The van der Waals surface area contributed by atoms with Gasteiger partial charge in [0, 0.05) is 37.7 Å². The van der Waals surface area contributed by atoms with Gasteiger partial charge < -0.3 is 19.6 Å². The molecule has 146 valence electrons. The van der Waals surface area contributed by atoms with Crippen LogP contribution in [0.4, 0.5) is 0 Å². The van der Waals surface area contributed by atoms with Crippen LogP contribution in [0, 0.1) is 13.8 Å². The van der Waals surface area contributed by atoms with Gasteiger partial charge in [-0.25, -0.2) is 4.98 Å². The molecule has 2 heterocycles. The summed E-state index contributed by atoms with van der Waals surface area (Å²) in [5.41, 5.74) is 0.678. The number of carbonyl (C=O) groups is 1. The molecule has 1 aliphatic carbocycles. The normalized spacial score (nSPS) is 19.8. The van der Waals surface area contributed by atoms with E-state index in [-0.39, 0.29) is 29.2 Å². The number of amides is 1. The van der Waals surface area contributed by atoms with Crippen molar-refractivity contribution in [2.75, 3.05) is 6.54 Å². The quantitative estimate of drug-likeness (QED) is 0.759. The highest BCUT2D eigenvalue weighted by molar-refractivity contribution is 5.95. The highest BCUT2D eigenvalue weighted by Crippen LogP contribution is 2.27. The third-order valence-corrected chi connectivity index (χ3v) is 5.40. The Morgan fingerprint density at radius 3 is 2.67 bits per heavy atom. The van der Waals surface area contributed by atoms with Crippen molar-refractivity contribution in [2.24, 2.45) is 0 Å². The molecule has 1 amide bonds. The number of carbonyl (C=O) groups excluding carboxylic acids is 1. The van der Waals surface area contributed by atoms with E-state index in [9.17, 15) is 14.7 Å². The molecule has 0 atom stereocenters. The lowest BCUT2D eigenvalue weighted by Crippen LogP contribution is -2.37. The topological polar surface area (TPSA) is 89.1 Å². The second-order valence-electron chi connectivity index (χ2n) is 7.33. The maximum Gasteiger partial charge on any atom is 0.263 e. The highest BCUT2D eigenvalue weighted by atomic mass is 16.3. The molecule has 0 spiro atoms. The Morgan fingerprint density at radius 2 is 2.00 bits per heavy atom. The molecule has 1 aliphatic rings. The van der Waals surface area contributed by atoms with Gasteiger partial charge in [-0.15, -0.1) is 0 Å². The Kier molecular flexibility index (Phi) is 6.11. The average Bonchev–Trinajstić information content (AvgIpc) is 3.05. The van der Waals surface area contributed by atoms with Crippen LogP contribution in [-0.4, -0.2) is 37.8 Å². The van der Waals surface area contributed by atoms with E-state index in [1.165, 1.54) is 0 Å². The zero-order valence-electron chi connectivity index (χ0n) is 16.0. The monoisotopic (exact) mass is 372 g/mol. The van der Waals surface area contributed by atoms with Gasteiger partial charge in [-0.05, 0) is 57.6 Å². The predicted molar refractivity (Wildman–Crippen MR) is 103 cm³/mol. The maximum atomic E-state index is 12.9. The number of hydrogen-bond donors (Lipinski definition) is 2. The average molecular weight is 372 g/mol. The van der Waals surface area contributed by atoms with Gasteiger partial charge in [0.05, 0.1) is 6.10 Å². The van der Waals surface area contributed by atoms with Crippen LogP contribution in [0.3, 0.4) is 0 Å². The summed E-state index contributed by atoms with van der Waals surface area (Å²) >= 11 is 0. The first-order chi connectivity index (χ1) is 13.0. The summed E-state index contributed by atoms with van der Waals surface area (Å²) in [5, 5.41) is 12.6. The minimum atomic E-state index is -0.315. The van der Waals surface area contributed by atoms with Gasteiger partial charge in [0.25, 0.3) is 11.5 Å². The molecule has 1 fully saturated rings. The molecular weight excluding hydrogens is 344 g/mol. The number of nitrogens with zero attached hydrogens (tertiary/aromatic N) is 3. The molecule has 2 aromatic rings. The molecule has 0 unspecified atom stereocenters.